The van der Waals surface area contributed by atoms with Crippen molar-refractivity contribution < 1.29 is 5.11 Å². The molecule has 1 aliphatic rings. The summed E-state index contributed by atoms with van der Waals surface area (Å²) < 4.78 is 0. The van der Waals surface area contributed by atoms with Crippen LogP contribution in [0.1, 0.15) is 12.8 Å². The normalized spacial score (nSPS) is 15.5. The molecule has 1 aliphatic heterocycles. The molecule has 3 heterocycles. The fourth-order valence-electron chi connectivity index (χ4n) is 3.33. The summed E-state index contributed by atoms with van der Waals surface area (Å²) in [7, 11) is 1.91. The number of piperidine rings is 1. The van der Waals surface area contributed by atoms with E-state index in [0.29, 0.717) is 0 Å². The highest BCUT2D eigenvalue weighted by molar-refractivity contribution is 5.92. The van der Waals surface area contributed by atoms with Gasteiger partial charge >= 0.3 is 0 Å². The molecule has 2 aromatic heterocycles. The lowest BCUT2D eigenvalue weighted by Crippen LogP contribution is -2.36. The zero-order valence-corrected chi connectivity index (χ0v) is 14.3. The highest BCUT2D eigenvalue weighted by atomic mass is 16.3. The first-order chi connectivity index (χ1) is 12.2. The number of nitrogens with zero attached hydrogens (tertiary/aromatic N) is 3. The molecule has 5 heteroatoms. The number of anilines is 2. The topological polar surface area (TPSA) is 61.3 Å². The van der Waals surface area contributed by atoms with Gasteiger partial charge < -0.3 is 15.3 Å². The van der Waals surface area contributed by atoms with Crippen LogP contribution in [0.4, 0.5) is 11.5 Å². The van der Waals surface area contributed by atoms with Gasteiger partial charge in [0.05, 0.1) is 17.3 Å². The first-order valence-electron chi connectivity index (χ1n) is 8.71. The lowest BCUT2D eigenvalue weighted by molar-refractivity contribution is 0.145. The van der Waals surface area contributed by atoms with Crippen molar-refractivity contribution >= 4 is 22.4 Å². The Hall–Kier alpha value is -2.66. The zero-order chi connectivity index (χ0) is 17.2. The number of fused-ring (bicyclic) bond motifs is 1. The van der Waals surface area contributed by atoms with Gasteiger partial charge in [-0.05, 0) is 43.2 Å². The Morgan fingerprint density at radius 3 is 2.60 bits per heavy atom. The van der Waals surface area contributed by atoms with E-state index in [9.17, 15) is 5.11 Å². The van der Waals surface area contributed by atoms with Crippen LogP contribution < -0.4 is 10.2 Å². The third-order valence-electron chi connectivity index (χ3n) is 4.81. The van der Waals surface area contributed by atoms with Crippen molar-refractivity contribution in [2.75, 3.05) is 30.4 Å². The number of aliphatic hydroxyl groups is 1. The van der Waals surface area contributed by atoms with Crippen molar-refractivity contribution in [2.24, 2.45) is 0 Å². The van der Waals surface area contributed by atoms with E-state index in [-0.39, 0.29) is 6.10 Å². The Morgan fingerprint density at radius 2 is 1.88 bits per heavy atom. The summed E-state index contributed by atoms with van der Waals surface area (Å²) >= 11 is 0. The lowest BCUT2D eigenvalue weighted by atomic mass is 10.1. The summed E-state index contributed by atoms with van der Waals surface area (Å²) in [5.41, 5.74) is 4.03. The first kappa shape index (κ1) is 15.8. The predicted molar refractivity (Wildman–Crippen MR) is 102 cm³/mol. The van der Waals surface area contributed by atoms with Gasteiger partial charge in [-0.2, -0.15) is 0 Å². The van der Waals surface area contributed by atoms with E-state index in [4.69, 9.17) is 4.98 Å². The van der Waals surface area contributed by atoms with Crippen molar-refractivity contribution in [2.45, 2.75) is 18.9 Å². The quantitative estimate of drug-likeness (QED) is 0.769. The maximum Gasteiger partial charge on any atom is 0.138 e. The van der Waals surface area contributed by atoms with Crippen LogP contribution in [-0.2, 0) is 0 Å². The molecule has 2 N–H and O–H groups in total. The predicted octanol–water partition coefficient (Wildman–Crippen LogP) is 3.30. The Labute approximate surface area is 147 Å². The molecule has 3 aromatic rings. The highest BCUT2D eigenvalue weighted by Gasteiger charge is 2.21. The minimum absolute atomic E-state index is 0.196. The van der Waals surface area contributed by atoms with Gasteiger partial charge in [0.2, 0.25) is 0 Å². The molecule has 0 radical (unpaired) electrons. The molecule has 1 saturated heterocycles. The third-order valence-corrected chi connectivity index (χ3v) is 4.81. The molecule has 128 valence electrons. The van der Waals surface area contributed by atoms with E-state index in [1.54, 1.807) is 0 Å². The molecule has 25 heavy (non-hydrogen) atoms. The van der Waals surface area contributed by atoms with E-state index in [1.165, 1.54) is 0 Å². The molecule has 0 bridgehead atoms. The second-order valence-electron chi connectivity index (χ2n) is 6.45. The molecule has 1 aromatic carbocycles. The largest absolute Gasteiger partial charge is 0.393 e. The maximum absolute atomic E-state index is 9.80. The second-order valence-corrected chi connectivity index (χ2v) is 6.45. The van der Waals surface area contributed by atoms with Crippen LogP contribution in [-0.4, -0.2) is 41.3 Å². The molecular formula is C20H22N4O. The average Bonchev–Trinajstić information content (AvgIpc) is 2.68. The monoisotopic (exact) mass is 334 g/mol. The highest BCUT2D eigenvalue weighted by Crippen LogP contribution is 2.31. The van der Waals surface area contributed by atoms with Crippen LogP contribution in [0, 0.1) is 0 Å². The van der Waals surface area contributed by atoms with E-state index < -0.39 is 0 Å². The van der Waals surface area contributed by atoms with E-state index in [2.05, 4.69) is 45.5 Å². The Balaban J connectivity index is 1.80. The van der Waals surface area contributed by atoms with Crippen molar-refractivity contribution in [1.29, 1.82) is 0 Å². The van der Waals surface area contributed by atoms with Gasteiger partial charge in [-0.3, -0.25) is 4.98 Å². The fourth-order valence-corrected chi connectivity index (χ4v) is 3.33. The van der Waals surface area contributed by atoms with Crippen molar-refractivity contribution in [3.8, 4) is 11.3 Å². The smallest absolute Gasteiger partial charge is 0.138 e. The number of benzene rings is 1. The summed E-state index contributed by atoms with van der Waals surface area (Å²) in [5, 5.41) is 14.0. The maximum atomic E-state index is 9.80. The van der Waals surface area contributed by atoms with Gasteiger partial charge in [0, 0.05) is 43.0 Å². The average molecular weight is 334 g/mol. The standard InChI is InChI=1S/C20H22N4O/c1-21-15-6-4-14(5-7-15)18-13-19-17(3-2-10-22-19)20(23-18)24-11-8-16(25)9-12-24/h2-7,10,13,16,21,25H,8-9,11-12H2,1H3. The van der Waals surface area contributed by atoms with Crippen LogP contribution in [0.5, 0.6) is 0 Å². The number of aliphatic hydroxyl groups excluding tert-OH is 1. The summed E-state index contributed by atoms with van der Waals surface area (Å²) in [6.45, 7) is 1.64. The summed E-state index contributed by atoms with van der Waals surface area (Å²) in [6, 6.07) is 14.3. The van der Waals surface area contributed by atoms with Crippen LogP contribution in [0.25, 0.3) is 22.2 Å². The molecule has 4 rings (SSSR count). The minimum Gasteiger partial charge on any atom is -0.393 e. The van der Waals surface area contributed by atoms with Gasteiger partial charge in [-0.1, -0.05) is 12.1 Å². The van der Waals surface area contributed by atoms with Crippen molar-refractivity contribution in [3.05, 3.63) is 48.7 Å². The molecule has 5 nitrogen and oxygen atoms in total. The third kappa shape index (κ3) is 3.15. The van der Waals surface area contributed by atoms with Gasteiger partial charge in [0.15, 0.2) is 0 Å². The van der Waals surface area contributed by atoms with Crippen LogP contribution in [0.15, 0.2) is 48.7 Å². The Morgan fingerprint density at radius 1 is 1.12 bits per heavy atom. The van der Waals surface area contributed by atoms with E-state index in [0.717, 1.165) is 59.6 Å². The number of hydrogen-bond donors (Lipinski definition) is 2. The summed E-state index contributed by atoms with van der Waals surface area (Å²) in [6.07, 6.45) is 3.19. The van der Waals surface area contributed by atoms with Crippen LogP contribution in [0.3, 0.4) is 0 Å². The summed E-state index contributed by atoms with van der Waals surface area (Å²) in [4.78, 5) is 11.8. The molecule has 0 spiro atoms. The number of nitrogens with one attached hydrogen (secondary N) is 1. The SMILES string of the molecule is CNc1ccc(-c2cc3ncccc3c(N3CCC(O)CC3)n2)cc1. The van der Waals surface area contributed by atoms with Crippen LogP contribution >= 0.6 is 0 Å². The number of pyridine rings is 2. The molecule has 0 atom stereocenters. The lowest BCUT2D eigenvalue weighted by Gasteiger charge is -2.31. The van der Waals surface area contributed by atoms with Gasteiger partial charge in [0.25, 0.3) is 0 Å². The molecular weight excluding hydrogens is 312 g/mol. The first-order valence-corrected chi connectivity index (χ1v) is 8.71. The molecule has 0 aliphatic carbocycles. The zero-order valence-electron chi connectivity index (χ0n) is 14.3. The van der Waals surface area contributed by atoms with Gasteiger partial charge in [0.1, 0.15) is 5.82 Å². The van der Waals surface area contributed by atoms with Gasteiger partial charge in [-0.25, -0.2) is 4.98 Å². The minimum atomic E-state index is -0.196. The molecule has 0 unspecified atom stereocenters. The Bertz CT molecular complexity index is 871. The Kier molecular flexibility index (Phi) is 4.24. The number of hydrogen-bond acceptors (Lipinski definition) is 5. The van der Waals surface area contributed by atoms with E-state index in [1.807, 2.05) is 25.4 Å². The fraction of sp³-hybridized carbons (Fsp3) is 0.300. The number of aromatic nitrogens is 2. The van der Waals surface area contributed by atoms with E-state index >= 15 is 0 Å². The second kappa shape index (κ2) is 6.69. The molecule has 0 saturated carbocycles. The molecule has 1 fully saturated rings. The van der Waals surface area contributed by atoms with Gasteiger partial charge in [-0.15, -0.1) is 0 Å². The van der Waals surface area contributed by atoms with Crippen LogP contribution in [0.2, 0.25) is 0 Å². The van der Waals surface area contributed by atoms with Crippen molar-refractivity contribution in [3.63, 3.8) is 0 Å². The van der Waals surface area contributed by atoms with Crippen molar-refractivity contribution in [1.82, 2.24) is 9.97 Å². The molecule has 0 amide bonds. The summed E-state index contributed by atoms with van der Waals surface area (Å²) in [5.74, 6) is 0.963. The number of rotatable bonds is 3.